The lowest BCUT2D eigenvalue weighted by Gasteiger charge is -2.28. The molecule has 1 aromatic rings. The average molecular weight is 329 g/mol. The first-order valence-corrected chi connectivity index (χ1v) is 6.97. The van der Waals surface area contributed by atoms with Crippen molar-refractivity contribution in [1.82, 2.24) is 0 Å². The highest BCUT2D eigenvalue weighted by Gasteiger charge is 2.58. The second kappa shape index (κ2) is 4.73. The van der Waals surface area contributed by atoms with Crippen molar-refractivity contribution in [2.24, 2.45) is 0 Å². The molecule has 1 fully saturated rings. The number of rotatable bonds is 3. The van der Waals surface area contributed by atoms with Gasteiger partial charge in [0.15, 0.2) is 0 Å². The summed E-state index contributed by atoms with van der Waals surface area (Å²) < 4.78 is 5.75. The number of carboxylic acids is 2. The molecule has 0 radical (unpaired) electrons. The Morgan fingerprint density at radius 1 is 1.24 bits per heavy atom. The Bertz CT molecular complexity index is 697. The van der Waals surface area contributed by atoms with E-state index in [9.17, 15) is 19.8 Å². The molecule has 2 aliphatic heterocycles. The van der Waals surface area contributed by atoms with Crippen LogP contribution in [0.25, 0.3) is 0 Å². The number of aliphatic carboxylic acids is 2. The molecule has 1 aromatic carbocycles. The second-order valence-electron chi connectivity index (χ2n) is 5.00. The lowest BCUT2D eigenvalue weighted by atomic mass is 9.77. The van der Waals surface area contributed by atoms with Gasteiger partial charge in [-0.3, -0.25) is 0 Å². The van der Waals surface area contributed by atoms with Gasteiger partial charge in [0.25, 0.3) is 0 Å². The van der Waals surface area contributed by atoms with Crippen LogP contribution in [-0.2, 0) is 19.9 Å². The van der Waals surface area contributed by atoms with Crippen LogP contribution in [0.3, 0.4) is 0 Å². The Balaban J connectivity index is 2.25. The van der Waals surface area contributed by atoms with E-state index in [0.717, 1.165) is 0 Å². The van der Waals surface area contributed by atoms with Crippen LogP contribution >= 0.6 is 23.2 Å². The molecule has 1 saturated heterocycles. The molecule has 5 nitrogen and oxygen atoms in total. The first kappa shape index (κ1) is 14.4. The molecule has 0 aromatic heterocycles. The van der Waals surface area contributed by atoms with Crippen LogP contribution in [0.1, 0.15) is 18.4 Å². The Morgan fingerprint density at radius 3 is 2.52 bits per heavy atom. The summed E-state index contributed by atoms with van der Waals surface area (Å²) in [7, 11) is 0. The highest BCUT2D eigenvalue weighted by atomic mass is 35.5. The van der Waals surface area contributed by atoms with Gasteiger partial charge in [-0.25, -0.2) is 9.59 Å². The fourth-order valence-corrected chi connectivity index (χ4v) is 3.70. The van der Waals surface area contributed by atoms with Crippen LogP contribution in [0, 0.1) is 0 Å². The minimum atomic E-state index is -1.31. The summed E-state index contributed by atoms with van der Waals surface area (Å²) in [5, 5.41) is 19.4. The van der Waals surface area contributed by atoms with Gasteiger partial charge in [-0.15, -0.1) is 0 Å². The molecule has 0 amide bonds. The van der Waals surface area contributed by atoms with Crippen LogP contribution < -0.4 is 0 Å². The molecular weight excluding hydrogens is 319 g/mol. The van der Waals surface area contributed by atoms with Gasteiger partial charge in [0.1, 0.15) is 5.60 Å². The third-order valence-corrected chi connectivity index (χ3v) is 4.46. The number of fused-ring (bicyclic) bond motifs is 2. The van der Waals surface area contributed by atoms with E-state index in [0.29, 0.717) is 23.4 Å². The van der Waals surface area contributed by atoms with Crippen molar-refractivity contribution in [1.29, 1.82) is 0 Å². The highest BCUT2D eigenvalue weighted by molar-refractivity contribution is 6.35. The van der Waals surface area contributed by atoms with E-state index in [1.807, 2.05) is 0 Å². The van der Waals surface area contributed by atoms with E-state index in [-0.39, 0.29) is 16.2 Å². The molecule has 2 aliphatic rings. The van der Waals surface area contributed by atoms with Gasteiger partial charge in [-0.2, -0.15) is 0 Å². The smallest absolute Gasteiger partial charge is 0.335 e. The molecule has 0 aliphatic carbocycles. The quantitative estimate of drug-likeness (QED) is 0.891. The fourth-order valence-electron chi connectivity index (χ4n) is 3.14. The van der Waals surface area contributed by atoms with Crippen molar-refractivity contribution in [3.05, 3.63) is 45.0 Å². The van der Waals surface area contributed by atoms with E-state index in [1.54, 1.807) is 12.1 Å². The molecule has 110 valence electrons. The minimum absolute atomic E-state index is 0.195. The van der Waals surface area contributed by atoms with Gasteiger partial charge in [-0.05, 0) is 25.0 Å². The largest absolute Gasteiger partial charge is 0.478 e. The predicted molar refractivity (Wildman–Crippen MR) is 74.5 cm³/mol. The molecule has 2 heterocycles. The van der Waals surface area contributed by atoms with Gasteiger partial charge in [0.2, 0.25) is 0 Å². The van der Waals surface area contributed by atoms with Crippen molar-refractivity contribution in [2.75, 3.05) is 0 Å². The van der Waals surface area contributed by atoms with Crippen LogP contribution in [0.4, 0.5) is 0 Å². The van der Waals surface area contributed by atoms with E-state index in [2.05, 4.69) is 0 Å². The molecule has 2 bridgehead atoms. The molecule has 7 heteroatoms. The maximum Gasteiger partial charge on any atom is 0.335 e. The molecule has 3 rings (SSSR count). The standard InChI is InChI=1S/C14H10Cl2O5/c15-6-1-2-7(8(16)5-6)14-4-3-9(21-14)10(12(17)18)11(14)13(19)20/h1-2,5,9H,3-4H2,(H,17,18)(H,19,20). The zero-order valence-corrected chi connectivity index (χ0v) is 12.1. The van der Waals surface area contributed by atoms with Crippen molar-refractivity contribution in [3.8, 4) is 0 Å². The number of halogens is 2. The van der Waals surface area contributed by atoms with E-state index in [4.69, 9.17) is 27.9 Å². The number of hydrogen-bond donors (Lipinski definition) is 2. The second-order valence-corrected chi connectivity index (χ2v) is 5.84. The first-order valence-electron chi connectivity index (χ1n) is 6.21. The Kier molecular flexibility index (Phi) is 3.24. The predicted octanol–water partition coefficient (Wildman–Crippen LogP) is 2.85. The average Bonchev–Trinajstić information content (AvgIpc) is 2.94. The Labute approximate surface area is 129 Å². The number of hydrogen-bond acceptors (Lipinski definition) is 3. The maximum atomic E-state index is 11.6. The van der Waals surface area contributed by atoms with Crippen molar-refractivity contribution in [2.45, 2.75) is 24.5 Å². The third-order valence-electron chi connectivity index (χ3n) is 3.91. The van der Waals surface area contributed by atoms with E-state index in [1.165, 1.54) is 6.07 Å². The Hall–Kier alpha value is -1.56. The van der Waals surface area contributed by atoms with Gasteiger partial charge >= 0.3 is 11.9 Å². The van der Waals surface area contributed by atoms with Crippen molar-refractivity contribution < 1.29 is 24.5 Å². The summed E-state index contributed by atoms with van der Waals surface area (Å²) in [4.78, 5) is 23.0. The van der Waals surface area contributed by atoms with Crippen LogP contribution in [0.15, 0.2) is 29.3 Å². The van der Waals surface area contributed by atoms with Crippen LogP contribution in [0.5, 0.6) is 0 Å². The van der Waals surface area contributed by atoms with Gasteiger partial charge < -0.3 is 14.9 Å². The number of carbonyl (C=O) groups is 2. The summed E-state index contributed by atoms with van der Waals surface area (Å²) in [6.07, 6.45) is 0.0924. The molecule has 21 heavy (non-hydrogen) atoms. The van der Waals surface area contributed by atoms with Gasteiger partial charge in [-0.1, -0.05) is 29.3 Å². The topological polar surface area (TPSA) is 83.8 Å². The van der Waals surface area contributed by atoms with Crippen LogP contribution in [0.2, 0.25) is 10.0 Å². The zero-order valence-electron chi connectivity index (χ0n) is 10.6. The fraction of sp³-hybridized carbons (Fsp3) is 0.286. The highest BCUT2D eigenvalue weighted by Crippen LogP contribution is 2.55. The van der Waals surface area contributed by atoms with E-state index < -0.39 is 23.6 Å². The van der Waals surface area contributed by atoms with Crippen molar-refractivity contribution >= 4 is 35.1 Å². The van der Waals surface area contributed by atoms with Gasteiger partial charge in [0, 0.05) is 15.6 Å². The lowest BCUT2D eigenvalue weighted by Crippen LogP contribution is -2.31. The monoisotopic (exact) mass is 328 g/mol. The summed E-state index contributed by atoms with van der Waals surface area (Å²) >= 11 is 12.0. The number of carboxylic acid groups (broad SMARTS) is 2. The van der Waals surface area contributed by atoms with Crippen LogP contribution in [-0.4, -0.2) is 28.3 Å². The summed E-state index contributed by atoms with van der Waals surface area (Å²) in [5.41, 5.74) is -1.31. The molecule has 2 atom stereocenters. The molecule has 2 N–H and O–H groups in total. The molecule has 0 spiro atoms. The summed E-state index contributed by atoms with van der Waals surface area (Å²) in [6.45, 7) is 0. The number of benzene rings is 1. The normalized spacial score (nSPS) is 27.2. The minimum Gasteiger partial charge on any atom is -0.478 e. The SMILES string of the molecule is O=C(O)C1=C(C(=O)O)C2(c3ccc(Cl)cc3Cl)CCC1O2. The lowest BCUT2D eigenvalue weighted by molar-refractivity contribution is -0.136. The Morgan fingerprint density at radius 2 is 1.95 bits per heavy atom. The van der Waals surface area contributed by atoms with Gasteiger partial charge in [0.05, 0.1) is 17.3 Å². The maximum absolute atomic E-state index is 11.6. The van der Waals surface area contributed by atoms with E-state index >= 15 is 0 Å². The number of ether oxygens (including phenoxy) is 1. The zero-order chi connectivity index (χ0) is 15.4. The summed E-state index contributed by atoms with van der Waals surface area (Å²) in [6, 6.07) is 4.65. The summed E-state index contributed by atoms with van der Waals surface area (Å²) in [5.74, 6) is -2.58. The van der Waals surface area contributed by atoms with Crippen molar-refractivity contribution in [3.63, 3.8) is 0 Å². The molecular formula is C14H10Cl2O5. The molecule has 0 saturated carbocycles. The molecule has 2 unspecified atom stereocenters. The third kappa shape index (κ3) is 1.96. The first-order chi connectivity index (χ1) is 9.86.